The molecule has 14 heteroatoms. The van der Waals surface area contributed by atoms with Gasteiger partial charge in [0.15, 0.2) is 28.8 Å². The number of rotatable bonds is 10. The molecule has 0 aliphatic rings. The number of nitrogens with zero attached hydrogens (tertiary/aromatic N) is 6. The van der Waals surface area contributed by atoms with Crippen LogP contribution in [0, 0.1) is 12.7 Å². The maximum atomic E-state index is 14.1. The van der Waals surface area contributed by atoms with E-state index in [1.807, 2.05) is 49.2 Å². The number of anilines is 1. The summed E-state index contributed by atoms with van der Waals surface area (Å²) in [5.74, 6) is -0.0185. The quantitative estimate of drug-likeness (QED) is 0.178. The third-order valence-corrected chi connectivity index (χ3v) is 6.44. The van der Waals surface area contributed by atoms with Crippen LogP contribution in [0.3, 0.4) is 0 Å². The monoisotopic (exact) mass is 598 g/mol. The van der Waals surface area contributed by atoms with E-state index in [1.165, 1.54) is 6.07 Å². The Hall–Kier alpha value is -5.14. The van der Waals surface area contributed by atoms with Crippen molar-refractivity contribution >= 4 is 5.82 Å². The third-order valence-electron chi connectivity index (χ3n) is 6.44. The summed E-state index contributed by atoms with van der Waals surface area (Å²) in [6.07, 6.45) is -3.24. The Balaban J connectivity index is 1.25. The molecule has 0 aliphatic heterocycles. The lowest BCUT2D eigenvalue weighted by Gasteiger charge is -2.19. The van der Waals surface area contributed by atoms with Gasteiger partial charge >= 0.3 is 6.36 Å². The number of halogens is 4. The molecule has 3 heterocycles. The molecule has 0 saturated heterocycles. The van der Waals surface area contributed by atoms with Crippen LogP contribution in [-0.2, 0) is 13.1 Å². The number of ether oxygens (including phenoxy) is 3. The number of benzene rings is 2. The van der Waals surface area contributed by atoms with Crippen molar-refractivity contribution in [1.29, 1.82) is 0 Å². The van der Waals surface area contributed by atoms with Gasteiger partial charge in [-0.1, -0.05) is 17.3 Å². The Kier molecular flexibility index (Phi) is 8.19. The standard InChI is InChI=1S/C29H26F4N6O4/c1-17-11-22(28-35-27(37-43-28)20-7-9-23(21(30)13-20)42-29(31,32)33)36-39(17)16-19-6-10-26(34-14-19)38(2)15-18-5-8-24(40-3)25(12-18)41-4/h5-14H,15-16H2,1-4H3. The Morgan fingerprint density at radius 2 is 1.67 bits per heavy atom. The lowest BCUT2D eigenvalue weighted by Crippen LogP contribution is -2.18. The SMILES string of the molecule is COc1ccc(CN(C)c2ccc(Cn3nc(-c4nc(-c5ccc(OC(F)(F)F)c(F)c5)no4)cc3C)cn2)cc1OC. The minimum Gasteiger partial charge on any atom is -0.493 e. The molecule has 3 aromatic heterocycles. The van der Waals surface area contributed by atoms with E-state index in [9.17, 15) is 17.6 Å². The van der Waals surface area contributed by atoms with Crippen molar-refractivity contribution in [2.24, 2.45) is 0 Å². The molecule has 0 unspecified atom stereocenters. The molecule has 0 atom stereocenters. The van der Waals surface area contributed by atoms with Crippen molar-refractivity contribution in [1.82, 2.24) is 24.9 Å². The number of aryl methyl sites for hydroxylation is 1. The smallest absolute Gasteiger partial charge is 0.493 e. The van der Waals surface area contributed by atoms with Crippen molar-refractivity contribution in [3.63, 3.8) is 0 Å². The van der Waals surface area contributed by atoms with Crippen molar-refractivity contribution < 1.29 is 36.3 Å². The van der Waals surface area contributed by atoms with Crippen LogP contribution < -0.4 is 19.1 Å². The summed E-state index contributed by atoms with van der Waals surface area (Å²) in [5.41, 5.74) is 3.24. The minimum absolute atomic E-state index is 0.0170. The van der Waals surface area contributed by atoms with Gasteiger partial charge in [0.2, 0.25) is 5.82 Å². The van der Waals surface area contributed by atoms with E-state index in [0.29, 0.717) is 30.3 Å². The highest BCUT2D eigenvalue weighted by atomic mass is 19.4. The summed E-state index contributed by atoms with van der Waals surface area (Å²) in [6, 6.07) is 14.3. The maximum Gasteiger partial charge on any atom is 0.573 e. The Morgan fingerprint density at radius 3 is 2.35 bits per heavy atom. The number of hydrogen-bond donors (Lipinski definition) is 0. The molecule has 0 aliphatic carbocycles. The Labute approximate surface area is 243 Å². The van der Waals surface area contributed by atoms with Gasteiger partial charge in [0.05, 0.1) is 20.8 Å². The van der Waals surface area contributed by atoms with Gasteiger partial charge in [-0.05, 0) is 60.5 Å². The molecule has 5 aromatic rings. The highest BCUT2D eigenvalue weighted by molar-refractivity contribution is 5.59. The summed E-state index contributed by atoms with van der Waals surface area (Å²) < 4.78 is 72.8. The second-order valence-electron chi connectivity index (χ2n) is 9.51. The van der Waals surface area contributed by atoms with Crippen LogP contribution in [-0.4, -0.2) is 52.5 Å². The lowest BCUT2D eigenvalue weighted by molar-refractivity contribution is -0.275. The summed E-state index contributed by atoms with van der Waals surface area (Å²) in [5, 5.41) is 8.35. The van der Waals surface area contributed by atoms with Gasteiger partial charge in [-0.2, -0.15) is 10.1 Å². The molecule has 5 rings (SSSR count). The zero-order chi connectivity index (χ0) is 30.7. The van der Waals surface area contributed by atoms with Crippen LogP contribution >= 0.6 is 0 Å². The summed E-state index contributed by atoms with van der Waals surface area (Å²) in [6.45, 7) is 2.89. The van der Waals surface area contributed by atoms with Gasteiger partial charge in [-0.3, -0.25) is 4.68 Å². The van der Waals surface area contributed by atoms with E-state index in [1.54, 1.807) is 31.2 Å². The molecule has 0 fully saturated rings. The van der Waals surface area contributed by atoms with Crippen LogP contribution in [0.5, 0.6) is 17.2 Å². The first-order valence-corrected chi connectivity index (χ1v) is 12.8. The van der Waals surface area contributed by atoms with Crippen LogP contribution in [0.25, 0.3) is 23.0 Å². The number of methoxy groups -OCH3 is 2. The molecule has 2 aromatic carbocycles. The predicted molar refractivity (Wildman–Crippen MR) is 147 cm³/mol. The minimum atomic E-state index is -5.01. The van der Waals surface area contributed by atoms with Gasteiger partial charge in [0.1, 0.15) is 5.82 Å². The van der Waals surface area contributed by atoms with Crippen LogP contribution in [0.4, 0.5) is 23.4 Å². The topological polar surface area (TPSA) is 101 Å². The van der Waals surface area contributed by atoms with Gasteiger partial charge in [-0.25, -0.2) is 9.37 Å². The van der Waals surface area contributed by atoms with E-state index in [-0.39, 0.29) is 17.3 Å². The van der Waals surface area contributed by atoms with E-state index in [0.717, 1.165) is 34.8 Å². The molecular formula is C29H26F4N6O4. The zero-order valence-electron chi connectivity index (χ0n) is 23.5. The molecule has 43 heavy (non-hydrogen) atoms. The number of pyridine rings is 1. The largest absolute Gasteiger partial charge is 0.573 e. The summed E-state index contributed by atoms with van der Waals surface area (Å²) >= 11 is 0. The molecule has 10 nitrogen and oxygen atoms in total. The fraction of sp³-hybridized carbons (Fsp3) is 0.241. The Bertz CT molecular complexity index is 1720. The molecule has 224 valence electrons. The van der Waals surface area contributed by atoms with Crippen molar-refractivity contribution in [2.75, 3.05) is 26.2 Å². The van der Waals surface area contributed by atoms with Crippen LogP contribution in [0.15, 0.2) is 65.3 Å². The highest BCUT2D eigenvalue weighted by Crippen LogP contribution is 2.30. The van der Waals surface area contributed by atoms with Crippen molar-refractivity contribution in [2.45, 2.75) is 26.4 Å². The first-order chi connectivity index (χ1) is 20.5. The normalized spacial score (nSPS) is 11.4. The number of alkyl halides is 3. The molecule has 0 bridgehead atoms. The first kappa shape index (κ1) is 29.4. The summed E-state index contributed by atoms with van der Waals surface area (Å²) in [7, 11) is 5.14. The molecular weight excluding hydrogens is 572 g/mol. The average Bonchev–Trinajstić information content (AvgIpc) is 3.61. The van der Waals surface area contributed by atoms with E-state index >= 15 is 0 Å². The van der Waals surface area contributed by atoms with Crippen molar-refractivity contribution in [3.8, 4) is 40.2 Å². The highest BCUT2D eigenvalue weighted by Gasteiger charge is 2.32. The van der Waals surface area contributed by atoms with E-state index in [2.05, 4.69) is 25.0 Å². The van der Waals surface area contributed by atoms with Crippen LogP contribution in [0.2, 0.25) is 0 Å². The van der Waals surface area contributed by atoms with Crippen LogP contribution in [0.1, 0.15) is 16.8 Å². The number of hydrogen-bond acceptors (Lipinski definition) is 9. The molecule has 0 spiro atoms. The number of aromatic nitrogens is 5. The molecule has 0 saturated carbocycles. The second-order valence-corrected chi connectivity index (χ2v) is 9.51. The molecule has 0 radical (unpaired) electrons. The zero-order valence-corrected chi connectivity index (χ0v) is 23.5. The van der Waals surface area contributed by atoms with Gasteiger partial charge in [-0.15, -0.1) is 13.2 Å². The van der Waals surface area contributed by atoms with Gasteiger partial charge in [0.25, 0.3) is 5.89 Å². The third kappa shape index (κ3) is 6.85. The fourth-order valence-electron chi connectivity index (χ4n) is 4.31. The van der Waals surface area contributed by atoms with Gasteiger partial charge < -0.3 is 23.6 Å². The van der Waals surface area contributed by atoms with Gasteiger partial charge in [0, 0.05) is 31.0 Å². The predicted octanol–water partition coefficient (Wildman–Crippen LogP) is 6.04. The van der Waals surface area contributed by atoms with E-state index in [4.69, 9.17) is 14.0 Å². The van der Waals surface area contributed by atoms with E-state index < -0.39 is 17.9 Å². The average molecular weight is 599 g/mol. The van der Waals surface area contributed by atoms with Crippen molar-refractivity contribution in [3.05, 3.63) is 83.4 Å². The maximum absolute atomic E-state index is 14.1. The second kappa shape index (κ2) is 12.0. The molecule has 0 amide bonds. The fourth-order valence-corrected chi connectivity index (χ4v) is 4.31. The lowest BCUT2D eigenvalue weighted by atomic mass is 10.2. The Morgan fingerprint density at radius 1 is 0.930 bits per heavy atom. The molecule has 0 N–H and O–H groups in total. The summed E-state index contributed by atoms with van der Waals surface area (Å²) in [4.78, 5) is 10.8. The first-order valence-electron chi connectivity index (χ1n) is 12.8.